The zero-order valence-electron chi connectivity index (χ0n) is 14.4. The van der Waals surface area contributed by atoms with E-state index in [0.29, 0.717) is 30.0 Å². The average Bonchev–Trinajstić information content (AvgIpc) is 3.13. The van der Waals surface area contributed by atoms with Crippen LogP contribution in [0.4, 0.5) is 4.39 Å². The van der Waals surface area contributed by atoms with Gasteiger partial charge in [-0.25, -0.2) is 9.37 Å². The number of imidazole rings is 1. The number of ether oxygens (including phenoxy) is 1. The highest BCUT2D eigenvalue weighted by atomic mass is 19.1. The second-order valence-corrected chi connectivity index (χ2v) is 7.10. The van der Waals surface area contributed by atoms with Crippen molar-refractivity contribution < 1.29 is 13.9 Å². The van der Waals surface area contributed by atoms with Crippen LogP contribution in [-0.2, 0) is 4.79 Å². The number of rotatable bonds is 3. The maximum atomic E-state index is 14.2. The van der Waals surface area contributed by atoms with Crippen molar-refractivity contribution in [2.75, 3.05) is 13.7 Å². The van der Waals surface area contributed by atoms with Crippen molar-refractivity contribution in [1.82, 2.24) is 14.9 Å². The van der Waals surface area contributed by atoms with Gasteiger partial charge in [-0.2, -0.15) is 0 Å². The lowest BCUT2D eigenvalue weighted by Gasteiger charge is -2.31. The number of hydrogen-bond acceptors (Lipinski definition) is 3. The largest absolute Gasteiger partial charge is 0.497 e. The third kappa shape index (κ3) is 3.00. The molecule has 0 saturated carbocycles. The predicted octanol–water partition coefficient (Wildman–Crippen LogP) is 3.34. The van der Waals surface area contributed by atoms with Gasteiger partial charge >= 0.3 is 0 Å². The molecule has 0 unspecified atom stereocenters. The van der Waals surface area contributed by atoms with Gasteiger partial charge in [0.1, 0.15) is 17.4 Å². The summed E-state index contributed by atoms with van der Waals surface area (Å²) < 4.78 is 19.2. The molecule has 1 aliphatic rings. The van der Waals surface area contributed by atoms with Crippen LogP contribution >= 0.6 is 0 Å². The molecule has 0 spiro atoms. The molecule has 0 bridgehead atoms. The molecule has 6 heteroatoms. The van der Waals surface area contributed by atoms with E-state index >= 15 is 0 Å². The van der Waals surface area contributed by atoms with Gasteiger partial charge in [0.05, 0.1) is 19.0 Å². The summed E-state index contributed by atoms with van der Waals surface area (Å²) in [5.74, 6) is 0.953. The molecular formula is C18H22FN3O2. The number of carbonyl (C=O) groups is 1. The Balaban J connectivity index is 1.83. The number of likely N-dealkylation sites (tertiary alicyclic amines) is 1. The summed E-state index contributed by atoms with van der Waals surface area (Å²) in [4.78, 5) is 21.6. The Morgan fingerprint density at radius 3 is 2.71 bits per heavy atom. The Morgan fingerprint density at radius 1 is 1.38 bits per heavy atom. The van der Waals surface area contributed by atoms with E-state index in [0.717, 1.165) is 5.82 Å². The Kier molecular flexibility index (Phi) is 4.07. The fourth-order valence-corrected chi connectivity index (χ4v) is 3.06. The second-order valence-electron chi connectivity index (χ2n) is 7.10. The number of H-pyrrole nitrogens is 1. The van der Waals surface area contributed by atoms with Crippen molar-refractivity contribution in [1.29, 1.82) is 0 Å². The molecule has 1 fully saturated rings. The Morgan fingerprint density at radius 2 is 2.12 bits per heavy atom. The molecule has 2 heterocycles. The number of methoxy groups -OCH3 is 1. The molecule has 5 nitrogen and oxygen atoms in total. The Hall–Kier alpha value is -2.37. The van der Waals surface area contributed by atoms with E-state index in [-0.39, 0.29) is 23.2 Å². The van der Waals surface area contributed by atoms with E-state index < -0.39 is 0 Å². The summed E-state index contributed by atoms with van der Waals surface area (Å²) in [6.45, 7) is 6.69. The van der Waals surface area contributed by atoms with Crippen molar-refractivity contribution in [3.8, 4) is 17.0 Å². The minimum absolute atomic E-state index is 0.00628. The fourth-order valence-electron chi connectivity index (χ4n) is 3.06. The first-order valence-electron chi connectivity index (χ1n) is 7.99. The molecule has 3 rings (SSSR count). The van der Waals surface area contributed by atoms with Crippen molar-refractivity contribution in [2.24, 2.45) is 0 Å². The molecule has 1 saturated heterocycles. The molecule has 0 aliphatic carbocycles. The third-order valence-corrected chi connectivity index (χ3v) is 4.38. The molecule has 1 aromatic heterocycles. The van der Waals surface area contributed by atoms with Crippen molar-refractivity contribution >= 4 is 5.91 Å². The molecular weight excluding hydrogens is 309 g/mol. The van der Waals surface area contributed by atoms with Crippen LogP contribution in [0.3, 0.4) is 0 Å². The maximum absolute atomic E-state index is 14.2. The minimum atomic E-state index is -0.372. The fraction of sp³-hybridized carbons (Fsp3) is 0.444. The van der Waals surface area contributed by atoms with Crippen LogP contribution in [0.1, 0.15) is 38.9 Å². The Bertz CT molecular complexity index is 764. The SMILES string of the molecule is COc1ccc(-c2cnc([C@H]3CC(=O)N(C(C)(C)C)C3)[nH]2)c(F)c1. The van der Waals surface area contributed by atoms with Crippen LogP contribution in [0.5, 0.6) is 5.75 Å². The first-order valence-corrected chi connectivity index (χ1v) is 7.99. The van der Waals surface area contributed by atoms with Crippen LogP contribution in [0.15, 0.2) is 24.4 Å². The lowest BCUT2D eigenvalue weighted by Crippen LogP contribution is -2.42. The quantitative estimate of drug-likeness (QED) is 0.938. The van der Waals surface area contributed by atoms with Gasteiger partial charge in [0.2, 0.25) is 5.91 Å². The van der Waals surface area contributed by atoms with Crippen LogP contribution in [-0.4, -0.2) is 40.0 Å². The smallest absolute Gasteiger partial charge is 0.223 e. The maximum Gasteiger partial charge on any atom is 0.223 e. The van der Waals surface area contributed by atoms with E-state index in [1.807, 2.05) is 25.7 Å². The van der Waals surface area contributed by atoms with E-state index in [1.54, 1.807) is 18.3 Å². The summed E-state index contributed by atoms with van der Waals surface area (Å²) in [6.07, 6.45) is 2.04. The number of amides is 1. The van der Waals surface area contributed by atoms with Gasteiger partial charge in [0.15, 0.2) is 0 Å². The number of carbonyl (C=O) groups excluding carboxylic acids is 1. The van der Waals surface area contributed by atoms with Gasteiger partial charge < -0.3 is 14.6 Å². The zero-order valence-corrected chi connectivity index (χ0v) is 14.4. The van der Waals surface area contributed by atoms with Crippen molar-refractivity contribution in [2.45, 2.75) is 38.6 Å². The minimum Gasteiger partial charge on any atom is -0.497 e. The summed E-state index contributed by atoms with van der Waals surface area (Å²) in [6, 6.07) is 4.71. The molecule has 2 aromatic rings. The monoisotopic (exact) mass is 331 g/mol. The number of nitrogens with zero attached hydrogens (tertiary/aromatic N) is 2. The number of aromatic amines is 1. The topological polar surface area (TPSA) is 58.2 Å². The van der Waals surface area contributed by atoms with E-state index in [9.17, 15) is 9.18 Å². The molecule has 1 N–H and O–H groups in total. The van der Waals surface area contributed by atoms with E-state index in [4.69, 9.17) is 4.74 Å². The summed E-state index contributed by atoms with van der Waals surface area (Å²) in [5.41, 5.74) is 0.835. The number of benzene rings is 1. The van der Waals surface area contributed by atoms with Crippen LogP contribution in [0, 0.1) is 5.82 Å². The van der Waals surface area contributed by atoms with Crippen molar-refractivity contribution in [3.05, 3.63) is 36.0 Å². The van der Waals surface area contributed by atoms with Gasteiger partial charge in [-0.05, 0) is 32.9 Å². The highest BCUT2D eigenvalue weighted by Gasteiger charge is 2.38. The normalized spacial score (nSPS) is 18.3. The van der Waals surface area contributed by atoms with Gasteiger partial charge in [-0.15, -0.1) is 0 Å². The highest BCUT2D eigenvalue weighted by molar-refractivity contribution is 5.80. The first-order chi connectivity index (χ1) is 11.3. The number of halogens is 1. The number of aromatic nitrogens is 2. The third-order valence-electron chi connectivity index (χ3n) is 4.38. The summed E-state index contributed by atoms with van der Waals surface area (Å²) in [7, 11) is 1.50. The molecule has 1 atom stereocenters. The first kappa shape index (κ1) is 16.5. The molecule has 24 heavy (non-hydrogen) atoms. The summed E-state index contributed by atoms with van der Waals surface area (Å²) in [5, 5.41) is 0. The average molecular weight is 331 g/mol. The van der Waals surface area contributed by atoms with Crippen molar-refractivity contribution in [3.63, 3.8) is 0 Å². The Labute approximate surface area is 140 Å². The predicted molar refractivity (Wildman–Crippen MR) is 89.4 cm³/mol. The van der Waals surface area contributed by atoms with Gasteiger partial charge in [-0.3, -0.25) is 4.79 Å². The molecule has 1 aliphatic heterocycles. The number of hydrogen-bond donors (Lipinski definition) is 1. The van der Waals surface area contributed by atoms with E-state index in [1.165, 1.54) is 13.2 Å². The number of nitrogens with one attached hydrogen (secondary N) is 1. The van der Waals surface area contributed by atoms with Crippen LogP contribution < -0.4 is 4.74 Å². The molecule has 0 radical (unpaired) electrons. The highest BCUT2D eigenvalue weighted by Crippen LogP contribution is 2.33. The van der Waals surface area contributed by atoms with Crippen LogP contribution in [0.2, 0.25) is 0 Å². The van der Waals surface area contributed by atoms with Crippen LogP contribution in [0.25, 0.3) is 11.3 Å². The molecule has 1 aromatic carbocycles. The lowest BCUT2D eigenvalue weighted by molar-refractivity contribution is -0.131. The van der Waals surface area contributed by atoms with E-state index in [2.05, 4.69) is 9.97 Å². The lowest BCUT2D eigenvalue weighted by atomic mass is 10.1. The molecule has 1 amide bonds. The van der Waals surface area contributed by atoms with Gasteiger partial charge in [0.25, 0.3) is 0 Å². The van der Waals surface area contributed by atoms with Gasteiger partial charge in [-0.1, -0.05) is 0 Å². The van der Waals surface area contributed by atoms with Gasteiger partial charge in [0, 0.05) is 36.1 Å². The zero-order chi connectivity index (χ0) is 17.5. The second kappa shape index (κ2) is 5.92. The standard InChI is InChI=1S/C18H22FN3O2/c1-18(2,3)22-10-11(7-16(22)23)17-20-9-15(21-17)13-6-5-12(24-4)8-14(13)19/h5-6,8-9,11H,7,10H2,1-4H3,(H,20,21)/t11-/m0/s1. The summed E-state index contributed by atoms with van der Waals surface area (Å²) >= 11 is 0. The molecule has 128 valence electrons.